The monoisotopic (exact) mass is 397 g/mol. The largest absolute Gasteiger partial charge is 0.311 e. The Bertz CT molecular complexity index is 1150. The van der Waals surface area contributed by atoms with Gasteiger partial charge in [-0.05, 0) is 28.9 Å². The van der Waals surface area contributed by atoms with Gasteiger partial charge >= 0.3 is 0 Å². The maximum atomic E-state index is 14.0. The molecule has 0 N–H and O–H groups in total. The highest BCUT2D eigenvalue weighted by atomic mass is 32.2. The lowest BCUT2D eigenvalue weighted by Crippen LogP contribution is -2.03. The Balaban J connectivity index is 1.57. The fourth-order valence-corrected chi connectivity index (χ4v) is 3.64. The molecule has 2 heterocycles. The van der Waals surface area contributed by atoms with Gasteiger partial charge in [-0.25, -0.2) is 23.7 Å². The van der Waals surface area contributed by atoms with Gasteiger partial charge in [-0.1, -0.05) is 36.0 Å². The van der Waals surface area contributed by atoms with E-state index in [1.54, 1.807) is 16.7 Å². The van der Waals surface area contributed by atoms with Crippen LogP contribution in [0.2, 0.25) is 0 Å². The number of hydrogen-bond donors (Lipinski definition) is 0. The van der Waals surface area contributed by atoms with Crippen LogP contribution >= 0.6 is 11.8 Å². The molecule has 0 atom stereocenters. The van der Waals surface area contributed by atoms with E-state index in [2.05, 4.69) is 20.1 Å². The molecule has 4 rings (SSSR count). The number of nitroso groups, excluding NO2 is 1. The molecule has 140 valence electrons. The van der Waals surface area contributed by atoms with E-state index in [0.29, 0.717) is 27.6 Å². The smallest absolute Gasteiger partial charge is 0.164 e. The first-order valence-electron chi connectivity index (χ1n) is 8.29. The van der Waals surface area contributed by atoms with Crippen LogP contribution in [0.3, 0.4) is 0 Å². The molecule has 0 saturated heterocycles. The van der Waals surface area contributed by atoms with Crippen LogP contribution in [0.1, 0.15) is 11.1 Å². The van der Waals surface area contributed by atoms with Gasteiger partial charge in [0.1, 0.15) is 22.6 Å². The molecule has 2 aromatic carbocycles. The second-order valence-electron chi connectivity index (χ2n) is 5.98. The lowest BCUT2D eigenvalue weighted by molar-refractivity contribution is 0.496. The zero-order chi connectivity index (χ0) is 19.5. The minimum absolute atomic E-state index is 0.112. The van der Waals surface area contributed by atoms with E-state index in [1.807, 2.05) is 12.1 Å². The summed E-state index contributed by atoms with van der Waals surface area (Å²) in [4.78, 5) is 23.4. The summed E-state index contributed by atoms with van der Waals surface area (Å²) in [7, 11) is 0. The molecule has 0 bridgehead atoms. The van der Waals surface area contributed by atoms with E-state index < -0.39 is 11.6 Å². The topological polar surface area (TPSA) is 73.0 Å². The van der Waals surface area contributed by atoms with E-state index in [1.165, 1.54) is 36.5 Å². The van der Waals surface area contributed by atoms with Gasteiger partial charge in [0.25, 0.3) is 0 Å². The van der Waals surface area contributed by atoms with Crippen molar-refractivity contribution in [2.24, 2.45) is 5.18 Å². The first kappa shape index (κ1) is 18.2. The lowest BCUT2D eigenvalue weighted by atomic mass is 10.2. The highest BCUT2D eigenvalue weighted by Gasteiger charge is 2.14. The van der Waals surface area contributed by atoms with E-state index in [9.17, 15) is 13.7 Å². The third-order valence-corrected chi connectivity index (χ3v) is 5.21. The predicted molar refractivity (Wildman–Crippen MR) is 102 cm³/mol. The van der Waals surface area contributed by atoms with Gasteiger partial charge in [0, 0.05) is 11.3 Å². The molecule has 0 unspecified atom stereocenters. The van der Waals surface area contributed by atoms with Crippen LogP contribution < -0.4 is 0 Å². The fraction of sp³-hybridized carbons (Fsp3) is 0.105. The minimum atomic E-state index is -0.886. The lowest BCUT2D eigenvalue weighted by Gasteiger charge is -2.06. The van der Waals surface area contributed by atoms with Gasteiger partial charge in [-0.2, -0.15) is 0 Å². The zero-order valence-electron chi connectivity index (χ0n) is 14.4. The van der Waals surface area contributed by atoms with Gasteiger partial charge < -0.3 is 4.57 Å². The van der Waals surface area contributed by atoms with Crippen LogP contribution in [0.15, 0.2) is 65.3 Å². The molecule has 0 radical (unpaired) electrons. The summed E-state index contributed by atoms with van der Waals surface area (Å²) in [6.07, 6.45) is 2.96. The Kier molecular flexibility index (Phi) is 5.07. The second-order valence-corrected chi connectivity index (χ2v) is 6.95. The van der Waals surface area contributed by atoms with Gasteiger partial charge in [0.05, 0.1) is 12.9 Å². The number of rotatable bonds is 6. The SMILES string of the molecule is O=Nc1ccc(CSc2ncnc3c2ncn3Cc2cccc(F)c2F)cc1. The third kappa shape index (κ3) is 3.61. The molecule has 0 saturated carbocycles. The minimum Gasteiger partial charge on any atom is -0.311 e. The van der Waals surface area contributed by atoms with E-state index in [-0.39, 0.29) is 12.1 Å². The number of hydrogen-bond acceptors (Lipinski definition) is 6. The van der Waals surface area contributed by atoms with Crippen LogP contribution in [-0.2, 0) is 12.3 Å². The summed E-state index contributed by atoms with van der Waals surface area (Å²) in [6.45, 7) is 0.112. The Hall–Kier alpha value is -3.20. The average Bonchev–Trinajstić information content (AvgIpc) is 3.14. The van der Waals surface area contributed by atoms with Crippen molar-refractivity contribution in [2.75, 3.05) is 0 Å². The Morgan fingerprint density at radius 1 is 1.04 bits per heavy atom. The molecule has 28 heavy (non-hydrogen) atoms. The Morgan fingerprint density at radius 2 is 1.86 bits per heavy atom. The standard InChI is InChI=1S/C19H13F2N5OS/c20-15-3-1-2-13(16(15)21)8-26-11-24-17-18(26)22-10-23-19(17)28-9-12-4-6-14(25-27)7-5-12/h1-7,10-11H,8-9H2. The third-order valence-electron chi connectivity index (χ3n) is 4.16. The van der Waals surface area contributed by atoms with Crippen molar-refractivity contribution >= 4 is 28.6 Å². The van der Waals surface area contributed by atoms with Gasteiger partial charge in [-0.3, -0.25) is 0 Å². The highest BCUT2D eigenvalue weighted by molar-refractivity contribution is 7.98. The highest BCUT2D eigenvalue weighted by Crippen LogP contribution is 2.27. The molecule has 9 heteroatoms. The molecule has 0 aliphatic heterocycles. The van der Waals surface area contributed by atoms with Crippen LogP contribution in [0.25, 0.3) is 11.2 Å². The number of aromatic nitrogens is 4. The van der Waals surface area contributed by atoms with Crippen molar-refractivity contribution < 1.29 is 8.78 Å². The van der Waals surface area contributed by atoms with E-state index >= 15 is 0 Å². The van der Waals surface area contributed by atoms with Crippen molar-refractivity contribution in [3.63, 3.8) is 0 Å². The van der Waals surface area contributed by atoms with Crippen molar-refractivity contribution in [2.45, 2.75) is 17.3 Å². The summed E-state index contributed by atoms with van der Waals surface area (Å²) >= 11 is 1.47. The molecular weight excluding hydrogens is 384 g/mol. The molecule has 2 aromatic heterocycles. The second kappa shape index (κ2) is 7.81. The van der Waals surface area contributed by atoms with Crippen LogP contribution in [0.5, 0.6) is 0 Å². The first-order chi connectivity index (χ1) is 13.7. The average molecular weight is 397 g/mol. The van der Waals surface area contributed by atoms with Crippen molar-refractivity contribution in [3.8, 4) is 0 Å². The molecule has 0 amide bonds. The molecule has 6 nitrogen and oxygen atoms in total. The van der Waals surface area contributed by atoms with Crippen LogP contribution in [0, 0.1) is 16.5 Å². The number of imidazole rings is 1. The number of halogens is 2. The van der Waals surface area contributed by atoms with Crippen LogP contribution in [0.4, 0.5) is 14.5 Å². The van der Waals surface area contributed by atoms with Crippen LogP contribution in [-0.4, -0.2) is 19.5 Å². The first-order valence-corrected chi connectivity index (χ1v) is 9.28. The molecule has 0 aliphatic rings. The summed E-state index contributed by atoms with van der Waals surface area (Å²) in [5.41, 5.74) is 2.74. The summed E-state index contributed by atoms with van der Waals surface area (Å²) in [6, 6.07) is 11.0. The predicted octanol–water partition coefficient (Wildman–Crippen LogP) is 4.84. The molecule has 0 spiro atoms. The number of nitrogens with zero attached hydrogens (tertiary/aromatic N) is 5. The summed E-state index contributed by atoms with van der Waals surface area (Å²) < 4.78 is 29.1. The van der Waals surface area contributed by atoms with Crippen molar-refractivity contribution in [3.05, 3.63) is 82.8 Å². The molecule has 4 aromatic rings. The van der Waals surface area contributed by atoms with Crippen molar-refractivity contribution in [1.82, 2.24) is 19.5 Å². The quantitative estimate of drug-likeness (QED) is 0.264. The number of benzene rings is 2. The maximum Gasteiger partial charge on any atom is 0.164 e. The summed E-state index contributed by atoms with van der Waals surface area (Å²) in [5.74, 6) is -1.14. The normalized spacial score (nSPS) is 11.1. The molecule has 0 aliphatic carbocycles. The molecule has 0 fully saturated rings. The van der Waals surface area contributed by atoms with Gasteiger partial charge in [0.15, 0.2) is 17.3 Å². The van der Waals surface area contributed by atoms with Gasteiger partial charge in [0.2, 0.25) is 0 Å². The maximum absolute atomic E-state index is 14.0. The summed E-state index contributed by atoms with van der Waals surface area (Å²) in [5, 5.41) is 3.56. The van der Waals surface area contributed by atoms with Crippen molar-refractivity contribution in [1.29, 1.82) is 0 Å². The Labute approximate surface area is 162 Å². The van der Waals surface area contributed by atoms with E-state index in [4.69, 9.17) is 0 Å². The fourth-order valence-electron chi connectivity index (χ4n) is 2.74. The number of thioether (sulfide) groups is 1. The number of fused-ring (bicyclic) bond motifs is 1. The molecular formula is C19H13F2N5OS. The zero-order valence-corrected chi connectivity index (χ0v) is 15.2. The van der Waals surface area contributed by atoms with Gasteiger partial charge in [-0.15, -0.1) is 4.91 Å². The Morgan fingerprint density at radius 3 is 2.64 bits per heavy atom. The van der Waals surface area contributed by atoms with E-state index in [0.717, 1.165) is 11.6 Å².